The Labute approximate surface area is 125 Å². The van der Waals surface area contributed by atoms with Gasteiger partial charge >= 0.3 is 6.03 Å². The molecule has 1 atom stereocenters. The van der Waals surface area contributed by atoms with Crippen molar-refractivity contribution in [2.75, 3.05) is 18.5 Å². The first-order valence-electron chi connectivity index (χ1n) is 5.78. The number of nitrogens with one attached hydrogen (secondary N) is 2. The van der Waals surface area contributed by atoms with E-state index in [2.05, 4.69) is 26.6 Å². The first-order valence-corrected chi connectivity index (χ1v) is 6.95. The number of ether oxygens (including phenoxy) is 1. The van der Waals surface area contributed by atoms with Gasteiger partial charge in [-0.15, -0.1) is 0 Å². The van der Waals surface area contributed by atoms with Gasteiger partial charge in [0.25, 0.3) is 0 Å². The molecule has 106 valence electrons. The summed E-state index contributed by atoms with van der Waals surface area (Å²) in [6.45, 7) is 3.87. The van der Waals surface area contributed by atoms with Crippen LogP contribution < -0.4 is 15.4 Å². The number of carbonyl (C=O) groups excluding carboxylic acids is 1. The molecule has 1 aromatic rings. The molecule has 7 heteroatoms. The summed E-state index contributed by atoms with van der Waals surface area (Å²) in [5.74, 6) is 0.513. The summed E-state index contributed by atoms with van der Waals surface area (Å²) < 4.78 is 6.12. The fraction of sp³-hybridized carbons (Fsp3) is 0.417. The molecule has 0 saturated carbocycles. The highest BCUT2D eigenvalue weighted by molar-refractivity contribution is 9.10. The Hall–Kier alpha value is -0.980. The molecule has 19 heavy (non-hydrogen) atoms. The minimum Gasteiger partial charge on any atom is -0.491 e. The molecular formula is C12H16BrClN2O3. The maximum atomic E-state index is 11.7. The zero-order chi connectivity index (χ0) is 14.4. The molecule has 5 nitrogen and oxygen atoms in total. The van der Waals surface area contributed by atoms with E-state index < -0.39 is 6.03 Å². The maximum absolute atomic E-state index is 11.7. The van der Waals surface area contributed by atoms with Crippen molar-refractivity contribution in [3.8, 4) is 5.75 Å². The standard InChI is InChI=1S/C12H16BrClN2O3/c1-3-19-11-9(13)4-8(14)5-10(11)16-12(18)15-7(2)6-17/h4-5,7,17H,3,6H2,1-2H3,(H2,15,16,18). The molecule has 0 heterocycles. The normalized spacial score (nSPS) is 11.8. The van der Waals surface area contributed by atoms with Crippen LogP contribution in [0.1, 0.15) is 13.8 Å². The van der Waals surface area contributed by atoms with E-state index in [1.807, 2.05) is 6.92 Å². The number of urea groups is 1. The quantitative estimate of drug-likeness (QED) is 0.764. The number of halogens is 2. The molecule has 1 aromatic carbocycles. The summed E-state index contributed by atoms with van der Waals surface area (Å²) in [7, 11) is 0. The lowest BCUT2D eigenvalue weighted by Crippen LogP contribution is -2.38. The van der Waals surface area contributed by atoms with Gasteiger partial charge in [0.15, 0.2) is 5.75 Å². The number of anilines is 1. The van der Waals surface area contributed by atoms with Crippen molar-refractivity contribution in [1.82, 2.24) is 5.32 Å². The van der Waals surface area contributed by atoms with Crippen LogP contribution in [0.15, 0.2) is 16.6 Å². The second-order valence-electron chi connectivity index (χ2n) is 3.88. The van der Waals surface area contributed by atoms with Crippen LogP contribution in [0.5, 0.6) is 5.75 Å². The van der Waals surface area contributed by atoms with Crippen LogP contribution in [0.4, 0.5) is 10.5 Å². The zero-order valence-corrected chi connectivity index (χ0v) is 13.0. The van der Waals surface area contributed by atoms with E-state index in [-0.39, 0.29) is 12.6 Å². The van der Waals surface area contributed by atoms with Crippen LogP contribution in [-0.4, -0.2) is 30.4 Å². The molecule has 0 aliphatic rings. The summed E-state index contributed by atoms with van der Waals surface area (Å²) in [6.07, 6.45) is 0. The molecule has 2 amide bonds. The Bertz CT molecular complexity index is 457. The van der Waals surface area contributed by atoms with Gasteiger partial charge < -0.3 is 20.5 Å². The Morgan fingerprint density at radius 2 is 2.26 bits per heavy atom. The summed E-state index contributed by atoms with van der Waals surface area (Å²) in [6, 6.07) is 2.52. The maximum Gasteiger partial charge on any atom is 0.319 e. The van der Waals surface area contributed by atoms with E-state index in [0.717, 1.165) is 0 Å². The monoisotopic (exact) mass is 350 g/mol. The van der Waals surface area contributed by atoms with Crippen molar-refractivity contribution in [1.29, 1.82) is 0 Å². The Kier molecular flexibility index (Phi) is 6.41. The van der Waals surface area contributed by atoms with Gasteiger partial charge in [0.1, 0.15) is 0 Å². The van der Waals surface area contributed by atoms with Gasteiger partial charge in [0, 0.05) is 5.02 Å². The average Bonchev–Trinajstić information content (AvgIpc) is 2.33. The number of hydrogen-bond acceptors (Lipinski definition) is 3. The zero-order valence-electron chi connectivity index (χ0n) is 10.7. The van der Waals surface area contributed by atoms with Crippen LogP contribution in [-0.2, 0) is 0 Å². The SMILES string of the molecule is CCOc1c(Br)cc(Cl)cc1NC(=O)NC(C)CO. The van der Waals surface area contributed by atoms with E-state index in [1.54, 1.807) is 19.1 Å². The van der Waals surface area contributed by atoms with Gasteiger partial charge in [-0.1, -0.05) is 11.6 Å². The van der Waals surface area contributed by atoms with Crippen LogP contribution in [0.2, 0.25) is 5.02 Å². The van der Waals surface area contributed by atoms with Gasteiger partial charge in [-0.25, -0.2) is 4.79 Å². The summed E-state index contributed by atoms with van der Waals surface area (Å²) in [5.41, 5.74) is 0.462. The molecule has 0 saturated heterocycles. The Balaban J connectivity index is 2.89. The van der Waals surface area contributed by atoms with Crippen LogP contribution in [0, 0.1) is 0 Å². The van der Waals surface area contributed by atoms with Crippen LogP contribution in [0.3, 0.4) is 0 Å². The van der Waals surface area contributed by atoms with Gasteiger partial charge in [-0.2, -0.15) is 0 Å². The molecule has 0 aliphatic heterocycles. The number of benzene rings is 1. The minimum absolute atomic E-state index is 0.134. The minimum atomic E-state index is -0.434. The first-order chi connectivity index (χ1) is 8.97. The summed E-state index contributed by atoms with van der Waals surface area (Å²) in [5, 5.41) is 14.6. The number of carbonyl (C=O) groups is 1. The largest absolute Gasteiger partial charge is 0.491 e. The molecule has 0 fully saturated rings. The number of rotatable bonds is 5. The molecule has 0 aromatic heterocycles. The number of amides is 2. The van der Waals surface area contributed by atoms with E-state index in [0.29, 0.717) is 27.5 Å². The highest BCUT2D eigenvalue weighted by Gasteiger charge is 2.13. The van der Waals surface area contributed by atoms with Crippen molar-refractivity contribution in [2.45, 2.75) is 19.9 Å². The number of hydrogen-bond donors (Lipinski definition) is 3. The third-order valence-electron chi connectivity index (χ3n) is 2.20. The topological polar surface area (TPSA) is 70.6 Å². The fourth-order valence-corrected chi connectivity index (χ4v) is 2.30. The molecule has 0 spiro atoms. The van der Waals surface area contributed by atoms with E-state index in [1.165, 1.54) is 0 Å². The summed E-state index contributed by atoms with van der Waals surface area (Å²) in [4.78, 5) is 11.7. The van der Waals surface area contributed by atoms with Crippen LogP contribution in [0.25, 0.3) is 0 Å². The average molecular weight is 352 g/mol. The smallest absolute Gasteiger partial charge is 0.319 e. The van der Waals surface area contributed by atoms with E-state index in [9.17, 15) is 4.79 Å². The third kappa shape index (κ3) is 4.89. The van der Waals surface area contributed by atoms with Gasteiger partial charge in [-0.05, 0) is 41.9 Å². The molecule has 1 rings (SSSR count). The molecule has 1 unspecified atom stereocenters. The second kappa shape index (κ2) is 7.57. The van der Waals surface area contributed by atoms with Gasteiger partial charge in [-0.3, -0.25) is 0 Å². The molecule has 3 N–H and O–H groups in total. The highest BCUT2D eigenvalue weighted by Crippen LogP contribution is 2.36. The summed E-state index contributed by atoms with van der Waals surface area (Å²) >= 11 is 9.27. The molecular weight excluding hydrogens is 336 g/mol. The van der Waals surface area contributed by atoms with Crippen molar-refractivity contribution in [3.05, 3.63) is 21.6 Å². The second-order valence-corrected chi connectivity index (χ2v) is 5.17. The predicted octanol–water partition coefficient (Wildman–Crippen LogP) is 3.00. The number of aliphatic hydroxyl groups excluding tert-OH is 1. The van der Waals surface area contributed by atoms with Crippen LogP contribution >= 0.6 is 27.5 Å². The lowest BCUT2D eigenvalue weighted by Gasteiger charge is -2.16. The van der Waals surface area contributed by atoms with Crippen molar-refractivity contribution >= 4 is 39.2 Å². The van der Waals surface area contributed by atoms with E-state index >= 15 is 0 Å². The Morgan fingerprint density at radius 1 is 1.58 bits per heavy atom. The third-order valence-corrected chi connectivity index (χ3v) is 3.00. The highest BCUT2D eigenvalue weighted by atomic mass is 79.9. The fourth-order valence-electron chi connectivity index (χ4n) is 1.37. The van der Waals surface area contributed by atoms with Gasteiger partial charge in [0.2, 0.25) is 0 Å². The predicted molar refractivity (Wildman–Crippen MR) is 79.0 cm³/mol. The molecule has 0 radical (unpaired) electrons. The van der Waals surface area contributed by atoms with Gasteiger partial charge in [0.05, 0.1) is 29.4 Å². The lowest BCUT2D eigenvalue weighted by molar-refractivity contribution is 0.229. The van der Waals surface area contributed by atoms with Crippen molar-refractivity contribution < 1.29 is 14.6 Å². The lowest BCUT2D eigenvalue weighted by atomic mass is 10.3. The molecule has 0 bridgehead atoms. The first kappa shape index (κ1) is 16.1. The van der Waals surface area contributed by atoms with Crippen molar-refractivity contribution in [2.24, 2.45) is 0 Å². The Morgan fingerprint density at radius 3 is 2.84 bits per heavy atom. The molecule has 0 aliphatic carbocycles. The van der Waals surface area contributed by atoms with E-state index in [4.69, 9.17) is 21.4 Å². The van der Waals surface area contributed by atoms with Crippen molar-refractivity contribution in [3.63, 3.8) is 0 Å². The number of aliphatic hydroxyl groups is 1.